The van der Waals surface area contributed by atoms with E-state index < -0.39 is 0 Å². The summed E-state index contributed by atoms with van der Waals surface area (Å²) in [5.74, 6) is 2.22. The average molecular weight is 335 g/mol. The fourth-order valence-corrected chi connectivity index (χ4v) is 2.32. The molecule has 6 nitrogen and oxygen atoms in total. The van der Waals surface area contributed by atoms with Crippen molar-refractivity contribution in [2.45, 2.75) is 6.54 Å². The lowest BCUT2D eigenvalue weighted by atomic mass is 10.2. The fourth-order valence-electron chi connectivity index (χ4n) is 2.32. The largest absolute Gasteiger partial charge is 0.383 e. The molecule has 2 N–H and O–H groups in total. The summed E-state index contributed by atoms with van der Waals surface area (Å²) in [6.07, 6.45) is 3.56. The molecule has 0 aliphatic carbocycles. The summed E-state index contributed by atoms with van der Waals surface area (Å²) in [6.45, 7) is 1.97. The Morgan fingerprint density at radius 2 is 1.64 bits per heavy atom. The Kier molecular flexibility index (Phi) is 5.90. The number of anilines is 2. The maximum Gasteiger partial charge on any atom is 0.163 e. The zero-order valence-corrected chi connectivity index (χ0v) is 14.1. The molecule has 0 aliphatic heterocycles. The number of hydrogen-bond donors (Lipinski definition) is 2. The summed E-state index contributed by atoms with van der Waals surface area (Å²) in [5.41, 5.74) is 2.12. The fraction of sp³-hybridized carbons (Fsp3) is 0.211. The normalized spacial score (nSPS) is 10.4. The van der Waals surface area contributed by atoms with Crippen LogP contribution in [-0.2, 0) is 11.3 Å². The molecule has 0 amide bonds. The summed E-state index contributed by atoms with van der Waals surface area (Å²) in [6, 6.07) is 15.8. The molecular formula is C19H21N5O. The minimum Gasteiger partial charge on any atom is -0.383 e. The van der Waals surface area contributed by atoms with Crippen LogP contribution in [0, 0.1) is 0 Å². The topological polar surface area (TPSA) is 72.0 Å². The van der Waals surface area contributed by atoms with E-state index in [9.17, 15) is 0 Å². The van der Waals surface area contributed by atoms with Crippen LogP contribution in [0.15, 0.2) is 60.9 Å². The molecule has 25 heavy (non-hydrogen) atoms. The van der Waals surface area contributed by atoms with E-state index in [1.807, 2.05) is 48.5 Å². The van der Waals surface area contributed by atoms with Crippen molar-refractivity contribution in [1.82, 2.24) is 15.0 Å². The number of ether oxygens (including phenoxy) is 1. The maximum atomic E-state index is 5.09. The van der Waals surface area contributed by atoms with Crippen LogP contribution < -0.4 is 10.6 Å². The second-order valence-corrected chi connectivity index (χ2v) is 5.46. The lowest BCUT2D eigenvalue weighted by Gasteiger charge is -2.11. The number of benzene rings is 1. The molecular weight excluding hydrogens is 314 g/mol. The first kappa shape index (κ1) is 16.9. The standard InChI is InChI=1S/C19H21N5O/c1-25-12-11-21-17-13-18(22-14-15-7-9-20-10-8-15)24-19(23-17)16-5-3-2-4-6-16/h2-10,13H,11-12,14H2,1H3,(H2,21,22,23,24). The summed E-state index contributed by atoms with van der Waals surface area (Å²) in [7, 11) is 1.68. The molecule has 0 radical (unpaired) electrons. The van der Waals surface area contributed by atoms with E-state index in [2.05, 4.69) is 25.6 Å². The van der Waals surface area contributed by atoms with Crippen molar-refractivity contribution in [1.29, 1.82) is 0 Å². The Balaban J connectivity index is 1.81. The van der Waals surface area contributed by atoms with Crippen LogP contribution >= 0.6 is 0 Å². The monoisotopic (exact) mass is 335 g/mol. The highest BCUT2D eigenvalue weighted by Crippen LogP contribution is 2.20. The predicted molar refractivity (Wildman–Crippen MR) is 99.4 cm³/mol. The molecule has 1 aromatic carbocycles. The zero-order valence-electron chi connectivity index (χ0n) is 14.1. The van der Waals surface area contributed by atoms with Gasteiger partial charge >= 0.3 is 0 Å². The minimum atomic E-state index is 0.616. The van der Waals surface area contributed by atoms with Crippen LogP contribution in [0.1, 0.15) is 5.56 Å². The van der Waals surface area contributed by atoms with Crippen LogP contribution in [0.4, 0.5) is 11.6 Å². The van der Waals surface area contributed by atoms with Crippen molar-refractivity contribution >= 4 is 11.6 Å². The Labute approximate surface area is 147 Å². The van der Waals surface area contributed by atoms with Gasteiger partial charge in [0.25, 0.3) is 0 Å². The molecule has 0 saturated carbocycles. The van der Waals surface area contributed by atoms with E-state index in [0.29, 0.717) is 25.5 Å². The Morgan fingerprint density at radius 1 is 0.920 bits per heavy atom. The first-order chi connectivity index (χ1) is 12.3. The smallest absolute Gasteiger partial charge is 0.163 e. The van der Waals surface area contributed by atoms with Gasteiger partial charge in [-0.3, -0.25) is 4.98 Å². The predicted octanol–water partition coefficient (Wildman–Crippen LogP) is 3.21. The summed E-state index contributed by atoms with van der Waals surface area (Å²) in [5, 5.41) is 6.62. The molecule has 6 heteroatoms. The number of nitrogens with zero attached hydrogens (tertiary/aromatic N) is 3. The molecule has 128 valence electrons. The van der Waals surface area contributed by atoms with Crippen molar-refractivity contribution in [2.75, 3.05) is 30.9 Å². The van der Waals surface area contributed by atoms with Gasteiger partial charge in [-0.05, 0) is 17.7 Å². The van der Waals surface area contributed by atoms with Gasteiger partial charge < -0.3 is 15.4 Å². The van der Waals surface area contributed by atoms with Crippen molar-refractivity contribution < 1.29 is 4.74 Å². The van der Waals surface area contributed by atoms with Crippen LogP contribution in [0.2, 0.25) is 0 Å². The van der Waals surface area contributed by atoms with E-state index in [1.165, 1.54) is 0 Å². The SMILES string of the molecule is COCCNc1cc(NCc2ccncc2)nc(-c2ccccc2)n1. The highest BCUT2D eigenvalue weighted by atomic mass is 16.5. The second-order valence-electron chi connectivity index (χ2n) is 5.46. The van der Waals surface area contributed by atoms with Crippen molar-refractivity contribution in [3.8, 4) is 11.4 Å². The van der Waals surface area contributed by atoms with E-state index in [-0.39, 0.29) is 0 Å². The highest BCUT2D eigenvalue weighted by molar-refractivity contribution is 5.61. The number of aromatic nitrogens is 3. The third-order valence-corrected chi connectivity index (χ3v) is 3.59. The molecule has 0 atom stereocenters. The maximum absolute atomic E-state index is 5.09. The lowest BCUT2D eigenvalue weighted by molar-refractivity contribution is 0.210. The van der Waals surface area contributed by atoms with Gasteiger partial charge in [0, 0.05) is 44.2 Å². The molecule has 0 bridgehead atoms. The van der Waals surface area contributed by atoms with Gasteiger partial charge in [-0.1, -0.05) is 30.3 Å². The first-order valence-corrected chi connectivity index (χ1v) is 8.15. The summed E-state index contributed by atoms with van der Waals surface area (Å²) >= 11 is 0. The first-order valence-electron chi connectivity index (χ1n) is 8.15. The van der Waals surface area contributed by atoms with Crippen molar-refractivity contribution in [3.05, 3.63) is 66.5 Å². The van der Waals surface area contributed by atoms with Gasteiger partial charge in [0.1, 0.15) is 11.6 Å². The van der Waals surface area contributed by atoms with Crippen LogP contribution in [0.5, 0.6) is 0 Å². The van der Waals surface area contributed by atoms with Gasteiger partial charge in [0.05, 0.1) is 6.61 Å². The van der Waals surface area contributed by atoms with Crippen LogP contribution in [-0.4, -0.2) is 35.2 Å². The molecule has 0 saturated heterocycles. The third-order valence-electron chi connectivity index (χ3n) is 3.59. The van der Waals surface area contributed by atoms with E-state index >= 15 is 0 Å². The molecule has 3 rings (SSSR count). The minimum absolute atomic E-state index is 0.616. The summed E-state index contributed by atoms with van der Waals surface area (Å²) < 4.78 is 5.09. The van der Waals surface area contributed by atoms with Gasteiger partial charge in [0.2, 0.25) is 0 Å². The number of rotatable bonds is 8. The summed E-state index contributed by atoms with van der Waals surface area (Å²) in [4.78, 5) is 13.3. The molecule has 0 unspecified atom stereocenters. The highest BCUT2D eigenvalue weighted by Gasteiger charge is 2.07. The Morgan fingerprint density at radius 3 is 2.36 bits per heavy atom. The molecule has 0 fully saturated rings. The van der Waals surface area contributed by atoms with Gasteiger partial charge in [-0.15, -0.1) is 0 Å². The Hall–Kier alpha value is -2.99. The zero-order chi connectivity index (χ0) is 17.3. The Bertz CT molecular complexity index is 780. The number of methoxy groups -OCH3 is 1. The van der Waals surface area contributed by atoms with Gasteiger partial charge in [-0.2, -0.15) is 0 Å². The van der Waals surface area contributed by atoms with Crippen molar-refractivity contribution in [3.63, 3.8) is 0 Å². The van der Waals surface area contributed by atoms with E-state index in [4.69, 9.17) is 4.74 Å². The average Bonchev–Trinajstić information content (AvgIpc) is 2.68. The number of hydrogen-bond acceptors (Lipinski definition) is 6. The molecule has 0 aliphatic rings. The van der Waals surface area contributed by atoms with Crippen molar-refractivity contribution in [2.24, 2.45) is 0 Å². The number of pyridine rings is 1. The molecule has 2 aromatic heterocycles. The molecule has 3 aromatic rings. The van der Waals surface area contributed by atoms with E-state index in [1.54, 1.807) is 19.5 Å². The molecule has 0 spiro atoms. The lowest BCUT2D eigenvalue weighted by Crippen LogP contribution is -2.11. The van der Waals surface area contributed by atoms with E-state index in [0.717, 1.165) is 22.8 Å². The third kappa shape index (κ3) is 4.99. The second kappa shape index (κ2) is 8.75. The molecule has 2 heterocycles. The quantitative estimate of drug-likeness (QED) is 0.616. The van der Waals surface area contributed by atoms with Crippen LogP contribution in [0.25, 0.3) is 11.4 Å². The van der Waals surface area contributed by atoms with Crippen LogP contribution in [0.3, 0.4) is 0 Å². The van der Waals surface area contributed by atoms with Gasteiger partial charge in [-0.25, -0.2) is 9.97 Å². The van der Waals surface area contributed by atoms with Gasteiger partial charge in [0.15, 0.2) is 5.82 Å². The number of nitrogens with one attached hydrogen (secondary N) is 2.